The van der Waals surface area contributed by atoms with E-state index in [1.54, 1.807) is 0 Å². The van der Waals surface area contributed by atoms with Crippen LogP contribution in [-0.2, 0) is 11.2 Å². The molecule has 3 atom stereocenters. The Bertz CT molecular complexity index is 367. The van der Waals surface area contributed by atoms with Crippen LogP contribution in [0.4, 0.5) is 0 Å². The average molecular weight is 250 g/mol. The van der Waals surface area contributed by atoms with Crippen molar-refractivity contribution in [2.75, 3.05) is 6.61 Å². The Hall–Kier alpha value is -1.39. The van der Waals surface area contributed by atoms with E-state index < -0.39 is 6.04 Å². The number of amides is 1. The summed E-state index contributed by atoms with van der Waals surface area (Å²) in [6.45, 7) is 3.80. The van der Waals surface area contributed by atoms with Crippen molar-refractivity contribution in [1.82, 2.24) is 5.32 Å². The molecule has 0 spiro atoms. The maximum atomic E-state index is 11.9. The number of hydrogen-bond donors (Lipinski definition) is 3. The Morgan fingerprint density at radius 1 is 1.33 bits per heavy atom. The van der Waals surface area contributed by atoms with Crippen molar-refractivity contribution in [3.63, 3.8) is 0 Å². The molecular weight excluding hydrogens is 228 g/mol. The first-order valence-corrected chi connectivity index (χ1v) is 6.25. The number of carbonyl (C=O) groups is 1. The first-order valence-electron chi connectivity index (χ1n) is 6.25. The van der Waals surface area contributed by atoms with Crippen LogP contribution >= 0.6 is 0 Å². The Kier molecular flexibility index (Phi) is 5.82. The van der Waals surface area contributed by atoms with Crippen LogP contribution in [0.1, 0.15) is 19.4 Å². The van der Waals surface area contributed by atoms with Crippen molar-refractivity contribution >= 4 is 5.91 Å². The third kappa shape index (κ3) is 4.47. The highest BCUT2D eigenvalue weighted by atomic mass is 16.3. The Balaban J connectivity index is 2.47. The summed E-state index contributed by atoms with van der Waals surface area (Å²) in [4.78, 5) is 11.9. The van der Waals surface area contributed by atoms with E-state index in [4.69, 9.17) is 10.8 Å². The lowest BCUT2D eigenvalue weighted by Gasteiger charge is -2.21. The second-order valence-corrected chi connectivity index (χ2v) is 4.75. The van der Waals surface area contributed by atoms with E-state index in [0.29, 0.717) is 6.42 Å². The predicted octanol–water partition coefficient (Wildman–Crippen LogP) is 0.690. The highest BCUT2D eigenvalue weighted by Crippen LogP contribution is 2.04. The monoisotopic (exact) mass is 250 g/mol. The van der Waals surface area contributed by atoms with Gasteiger partial charge in [0.1, 0.15) is 0 Å². The molecule has 4 nitrogen and oxygen atoms in total. The van der Waals surface area contributed by atoms with E-state index in [9.17, 15) is 4.79 Å². The van der Waals surface area contributed by atoms with Crippen LogP contribution in [0.25, 0.3) is 0 Å². The Morgan fingerprint density at radius 2 is 1.94 bits per heavy atom. The van der Waals surface area contributed by atoms with Gasteiger partial charge in [0.05, 0.1) is 6.04 Å². The lowest BCUT2D eigenvalue weighted by atomic mass is 10.0. The van der Waals surface area contributed by atoms with Gasteiger partial charge in [-0.2, -0.15) is 0 Å². The van der Waals surface area contributed by atoms with Crippen molar-refractivity contribution in [1.29, 1.82) is 0 Å². The fourth-order valence-electron chi connectivity index (χ4n) is 1.59. The molecule has 0 aliphatic rings. The zero-order chi connectivity index (χ0) is 13.5. The zero-order valence-electron chi connectivity index (χ0n) is 11.0. The summed E-state index contributed by atoms with van der Waals surface area (Å²) in [5.41, 5.74) is 6.91. The summed E-state index contributed by atoms with van der Waals surface area (Å²) in [6.07, 6.45) is 0.521. The molecule has 0 radical (unpaired) electrons. The lowest BCUT2D eigenvalue weighted by Crippen LogP contribution is -2.47. The third-order valence-corrected chi connectivity index (χ3v) is 3.15. The molecule has 1 rings (SSSR count). The molecule has 18 heavy (non-hydrogen) atoms. The van der Waals surface area contributed by atoms with Gasteiger partial charge >= 0.3 is 0 Å². The summed E-state index contributed by atoms with van der Waals surface area (Å²) < 4.78 is 0. The SMILES string of the molecule is CC(CO)C(C)NC(=O)C(N)Cc1ccccc1. The van der Waals surface area contributed by atoms with Crippen molar-refractivity contribution < 1.29 is 9.90 Å². The molecule has 0 aliphatic heterocycles. The molecule has 0 saturated carbocycles. The molecule has 0 bridgehead atoms. The highest BCUT2D eigenvalue weighted by molar-refractivity contribution is 5.82. The maximum absolute atomic E-state index is 11.9. The highest BCUT2D eigenvalue weighted by Gasteiger charge is 2.18. The summed E-state index contributed by atoms with van der Waals surface area (Å²) in [5, 5.41) is 11.8. The minimum Gasteiger partial charge on any atom is -0.396 e. The number of carbonyl (C=O) groups excluding carboxylic acids is 1. The van der Waals surface area contributed by atoms with Gasteiger partial charge in [-0.05, 0) is 24.8 Å². The number of nitrogens with two attached hydrogens (primary N) is 1. The summed E-state index contributed by atoms with van der Waals surface area (Å²) in [5.74, 6) is -0.149. The van der Waals surface area contributed by atoms with Crippen LogP contribution in [0.15, 0.2) is 30.3 Å². The van der Waals surface area contributed by atoms with Gasteiger partial charge in [-0.15, -0.1) is 0 Å². The van der Waals surface area contributed by atoms with E-state index in [1.165, 1.54) is 0 Å². The molecule has 1 aromatic rings. The Morgan fingerprint density at radius 3 is 2.50 bits per heavy atom. The second-order valence-electron chi connectivity index (χ2n) is 4.75. The minimum atomic E-state index is -0.555. The molecule has 3 unspecified atom stereocenters. The Labute approximate surface area is 108 Å². The molecule has 4 heteroatoms. The molecule has 1 amide bonds. The number of aliphatic hydroxyl groups is 1. The normalized spacial score (nSPS) is 15.8. The van der Waals surface area contributed by atoms with Crippen LogP contribution in [0.5, 0.6) is 0 Å². The van der Waals surface area contributed by atoms with Crippen LogP contribution in [0.3, 0.4) is 0 Å². The number of hydrogen-bond acceptors (Lipinski definition) is 3. The van der Waals surface area contributed by atoms with E-state index in [2.05, 4.69) is 5.32 Å². The van der Waals surface area contributed by atoms with Gasteiger partial charge in [0.2, 0.25) is 5.91 Å². The molecule has 100 valence electrons. The van der Waals surface area contributed by atoms with Crippen LogP contribution in [0.2, 0.25) is 0 Å². The van der Waals surface area contributed by atoms with Gasteiger partial charge in [-0.1, -0.05) is 37.3 Å². The number of rotatable bonds is 6. The minimum absolute atomic E-state index is 0.0258. The average Bonchev–Trinajstić information content (AvgIpc) is 2.38. The molecule has 0 aromatic heterocycles. The van der Waals surface area contributed by atoms with Crippen molar-refractivity contribution in [2.24, 2.45) is 11.7 Å². The van der Waals surface area contributed by atoms with E-state index in [-0.39, 0.29) is 24.5 Å². The molecule has 0 saturated heterocycles. The van der Waals surface area contributed by atoms with Crippen molar-refractivity contribution in [3.05, 3.63) is 35.9 Å². The van der Waals surface area contributed by atoms with Gasteiger partial charge in [0, 0.05) is 12.6 Å². The molecule has 0 fully saturated rings. The molecular formula is C14H22N2O2. The van der Waals surface area contributed by atoms with Crippen LogP contribution < -0.4 is 11.1 Å². The molecule has 0 heterocycles. The molecule has 4 N–H and O–H groups in total. The third-order valence-electron chi connectivity index (χ3n) is 3.15. The standard InChI is InChI=1S/C14H22N2O2/c1-10(9-17)11(2)16-14(18)13(15)8-12-6-4-3-5-7-12/h3-7,10-11,13,17H,8-9,15H2,1-2H3,(H,16,18). The summed E-state index contributed by atoms with van der Waals surface area (Å²) >= 11 is 0. The fourth-order valence-corrected chi connectivity index (χ4v) is 1.59. The van der Waals surface area contributed by atoms with E-state index in [1.807, 2.05) is 44.2 Å². The fraction of sp³-hybridized carbons (Fsp3) is 0.500. The quantitative estimate of drug-likeness (QED) is 0.695. The van der Waals surface area contributed by atoms with E-state index in [0.717, 1.165) is 5.56 Å². The first kappa shape index (κ1) is 14.7. The zero-order valence-corrected chi connectivity index (χ0v) is 11.0. The van der Waals surface area contributed by atoms with Crippen LogP contribution in [0, 0.1) is 5.92 Å². The lowest BCUT2D eigenvalue weighted by molar-refractivity contribution is -0.123. The predicted molar refractivity (Wildman–Crippen MR) is 72.0 cm³/mol. The van der Waals surface area contributed by atoms with Gasteiger partial charge < -0.3 is 16.2 Å². The molecule has 1 aromatic carbocycles. The first-order chi connectivity index (χ1) is 8.54. The van der Waals surface area contributed by atoms with Gasteiger partial charge in [0.15, 0.2) is 0 Å². The van der Waals surface area contributed by atoms with Gasteiger partial charge in [-0.3, -0.25) is 4.79 Å². The number of benzene rings is 1. The number of nitrogens with one attached hydrogen (secondary N) is 1. The van der Waals surface area contributed by atoms with Crippen molar-refractivity contribution in [2.45, 2.75) is 32.4 Å². The topological polar surface area (TPSA) is 75.3 Å². The summed E-state index contributed by atoms with van der Waals surface area (Å²) in [7, 11) is 0. The number of aliphatic hydroxyl groups excluding tert-OH is 1. The van der Waals surface area contributed by atoms with Crippen LogP contribution in [-0.4, -0.2) is 29.7 Å². The smallest absolute Gasteiger partial charge is 0.237 e. The summed E-state index contributed by atoms with van der Waals surface area (Å²) in [6, 6.07) is 9.05. The van der Waals surface area contributed by atoms with Gasteiger partial charge in [0.25, 0.3) is 0 Å². The molecule has 0 aliphatic carbocycles. The largest absolute Gasteiger partial charge is 0.396 e. The van der Waals surface area contributed by atoms with E-state index >= 15 is 0 Å². The van der Waals surface area contributed by atoms with Crippen molar-refractivity contribution in [3.8, 4) is 0 Å². The second kappa shape index (κ2) is 7.13. The maximum Gasteiger partial charge on any atom is 0.237 e. The van der Waals surface area contributed by atoms with Gasteiger partial charge in [-0.25, -0.2) is 0 Å².